The number of rotatable bonds is 7. The Morgan fingerprint density at radius 3 is 2.50 bits per heavy atom. The minimum atomic E-state index is -0.773. The van der Waals surface area contributed by atoms with E-state index in [0.717, 1.165) is 19.4 Å². The van der Waals surface area contributed by atoms with Crippen LogP contribution >= 0.6 is 0 Å². The van der Waals surface area contributed by atoms with Gasteiger partial charge in [0.1, 0.15) is 5.54 Å². The standard InChI is InChI=1S/C12H24N2O2/c1-9(2)14(4)8-7-12(3,11(15)16)13-10-5-6-10/h9-10,13H,5-8H2,1-4H3,(H,15,16). The molecule has 0 aliphatic heterocycles. The summed E-state index contributed by atoms with van der Waals surface area (Å²) in [6, 6.07) is 0.879. The van der Waals surface area contributed by atoms with Crippen LogP contribution in [0.15, 0.2) is 0 Å². The van der Waals surface area contributed by atoms with E-state index < -0.39 is 11.5 Å². The van der Waals surface area contributed by atoms with Crippen LogP contribution < -0.4 is 5.32 Å². The van der Waals surface area contributed by atoms with Gasteiger partial charge in [0.2, 0.25) is 0 Å². The summed E-state index contributed by atoms with van der Waals surface area (Å²) in [4.78, 5) is 13.5. The SMILES string of the molecule is CC(C)N(C)CCC(C)(NC1CC1)C(=O)O. The third-order valence-corrected chi connectivity index (χ3v) is 3.42. The zero-order valence-corrected chi connectivity index (χ0v) is 10.8. The smallest absolute Gasteiger partial charge is 0.323 e. The Kier molecular flexibility index (Phi) is 4.33. The van der Waals surface area contributed by atoms with E-state index in [1.165, 1.54) is 0 Å². The minimum absolute atomic E-state index is 0.422. The molecule has 0 heterocycles. The van der Waals surface area contributed by atoms with Gasteiger partial charge in [-0.2, -0.15) is 0 Å². The summed E-state index contributed by atoms with van der Waals surface area (Å²) in [6.45, 7) is 6.83. The molecular weight excluding hydrogens is 204 g/mol. The van der Waals surface area contributed by atoms with Crippen LogP contribution in [0.4, 0.5) is 0 Å². The summed E-state index contributed by atoms with van der Waals surface area (Å²) in [5.41, 5.74) is -0.773. The first kappa shape index (κ1) is 13.5. The Bertz CT molecular complexity index is 251. The van der Waals surface area contributed by atoms with Crippen molar-refractivity contribution in [3.05, 3.63) is 0 Å². The molecular formula is C12H24N2O2. The molecule has 2 N–H and O–H groups in total. The predicted molar refractivity (Wildman–Crippen MR) is 64.6 cm³/mol. The molecule has 0 spiro atoms. The van der Waals surface area contributed by atoms with Crippen molar-refractivity contribution in [3.63, 3.8) is 0 Å². The Morgan fingerprint density at radius 2 is 2.12 bits per heavy atom. The van der Waals surface area contributed by atoms with Crippen LogP contribution in [-0.4, -0.2) is 47.2 Å². The maximum absolute atomic E-state index is 11.3. The number of aliphatic carboxylic acids is 1. The lowest BCUT2D eigenvalue weighted by atomic mass is 9.97. The van der Waals surface area contributed by atoms with Crippen molar-refractivity contribution in [2.75, 3.05) is 13.6 Å². The normalized spacial score (nSPS) is 20.1. The van der Waals surface area contributed by atoms with Gasteiger partial charge in [0, 0.05) is 18.6 Å². The average molecular weight is 228 g/mol. The summed E-state index contributed by atoms with van der Waals surface area (Å²) >= 11 is 0. The first-order valence-electron chi connectivity index (χ1n) is 6.06. The van der Waals surface area contributed by atoms with Gasteiger partial charge in [0.15, 0.2) is 0 Å². The van der Waals surface area contributed by atoms with Gasteiger partial charge in [-0.1, -0.05) is 0 Å². The fraction of sp³-hybridized carbons (Fsp3) is 0.917. The number of hydrogen-bond donors (Lipinski definition) is 2. The van der Waals surface area contributed by atoms with E-state index in [1.807, 2.05) is 7.05 Å². The molecule has 0 aromatic carbocycles. The maximum Gasteiger partial charge on any atom is 0.323 e. The molecule has 16 heavy (non-hydrogen) atoms. The molecule has 1 rings (SSSR count). The van der Waals surface area contributed by atoms with E-state index in [1.54, 1.807) is 6.92 Å². The predicted octanol–water partition coefficient (Wildman–Crippen LogP) is 1.31. The summed E-state index contributed by atoms with van der Waals surface area (Å²) in [6.07, 6.45) is 2.87. The lowest BCUT2D eigenvalue weighted by Crippen LogP contribution is -2.52. The van der Waals surface area contributed by atoms with Crippen LogP contribution in [-0.2, 0) is 4.79 Å². The zero-order chi connectivity index (χ0) is 12.3. The van der Waals surface area contributed by atoms with Gasteiger partial charge in [-0.3, -0.25) is 10.1 Å². The van der Waals surface area contributed by atoms with Crippen molar-refractivity contribution >= 4 is 5.97 Å². The second-order valence-electron chi connectivity index (χ2n) is 5.38. The molecule has 94 valence electrons. The van der Waals surface area contributed by atoms with Gasteiger partial charge in [-0.05, 0) is 47.1 Å². The van der Waals surface area contributed by atoms with Crippen LogP contribution in [0.1, 0.15) is 40.0 Å². The van der Waals surface area contributed by atoms with Gasteiger partial charge in [0.05, 0.1) is 0 Å². The molecule has 4 nitrogen and oxygen atoms in total. The highest BCUT2D eigenvalue weighted by Crippen LogP contribution is 2.24. The van der Waals surface area contributed by atoms with Crippen LogP contribution in [0.5, 0.6) is 0 Å². The highest BCUT2D eigenvalue weighted by atomic mass is 16.4. The van der Waals surface area contributed by atoms with Crippen LogP contribution in [0.3, 0.4) is 0 Å². The van der Waals surface area contributed by atoms with Crippen molar-refractivity contribution < 1.29 is 9.90 Å². The van der Waals surface area contributed by atoms with Crippen molar-refractivity contribution in [1.82, 2.24) is 10.2 Å². The number of nitrogens with one attached hydrogen (secondary N) is 1. The van der Waals surface area contributed by atoms with Gasteiger partial charge in [-0.25, -0.2) is 0 Å². The Labute approximate surface area is 98.0 Å². The second kappa shape index (κ2) is 5.15. The number of hydrogen-bond acceptors (Lipinski definition) is 3. The molecule has 0 bridgehead atoms. The van der Waals surface area contributed by atoms with Gasteiger partial charge < -0.3 is 10.0 Å². The first-order chi connectivity index (χ1) is 7.35. The Hall–Kier alpha value is -0.610. The molecule has 0 aromatic rings. The van der Waals surface area contributed by atoms with E-state index in [4.69, 9.17) is 0 Å². The van der Waals surface area contributed by atoms with Crippen molar-refractivity contribution in [1.29, 1.82) is 0 Å². The van der Waals surface area contributed by atoms with Gasteiger partial charge >= 0.3 is 5.97 Å². The highest BCUT2D eigenvalue weighted by molar-refractivity contribution is 5.78. The Morgan fingerprint density at radius 1 is 1.56 bits per heavy atom. The summed E-state index contributed by atoms with van der Waals surface area (Å²) < 4.78 is 0. The largest absolute Gasteiger partial charge is 0.480 e. The lowest BCUT2D eigenvalue weighted by molar-refractivity contribution is -0.144. The molecule has 1 unspecified atom stereocenters. The van der Waals surface area contributed by atoms with Crippen molar-refractivity contribution in [2.24, 2.45) is 0 Å². The number of carbonyl (C=O) groups is 1. The van der Waals surface area contributed by atoms with Crippen molar-refractivity contribution in [3.8, 4) is 0 Å². The molecule has 1 fully saturated rings. The molecule has 0 amide bonds. The lowest BCUT2D eigenvalue weighted by Gasteiger charge is -2.30. The van der Waals surface area contributed by atoms with E-state index >= 15 is 0 Å². The summed E-state index contributed by atoms with van der Waals surface area (Å²) in [7, 11) is 2.03. The minimum Gasteiger partial charge on any atom is -0.480 e. The first-order valence-corrected chi connectivity index (χ1v) is 6.06. The monoisotopic (exact) mass is 228 g/mol. The third kappa shape index (κ3) is 3.76. The molecule has 0 radical (unpaired) electrons. The number of carboxylic acids is 1. The Balaban J connectivity index is 2.46. The molecule has 4 heteroatoms. The second-order valence-corrected chi connectivity index (χ2v) is 5.38. The summed E-state index contributed by atoms with van der Waals surface area (Å²) in [5, 5.41) is 12.5. The third-order valence-electron chi connectivity index (χ3n) is 3.42. The van der Waals surface area contributed by atoms with E-state index in [-0.39, 0.29) is 0 Å². The molecule has 0 saturated heterocycles. The molecule has 1 aliphatic rings. The van der Waals surface area contributed by atoms with E-state index in [2.05, 4.69) is 24.1 Å². The maximum atomic E-state index is 11.3. The molecule has 1 atom stereocenters. The van der Waals surface area contributed by atoms with Crippen LogP contribution in [0.25, 0.3) is 0 Å². The number of carboxylic acid groups (broad SMARTS) is 1. The molecule has 0 aromatic heterocycles. The van der Waals surface area contributed by atoms with Crippen molar-refractivity contribution in [2.45, 2.75) is 57.7 Å². The van der Waals surface area contributed by atoms with E-state index in [0.29, 0.717) is 18.5 Å². The van der Waals surface area contributed by atoms with Gasteiger partial charge in [-0.15, -0.1) is 0 Å². The van der Waals surface area contributed by atoms with Crippen LogP contribution in [0.2, 0.25) is 0 Å². The number of nitrogens with zero attached hydrogens (tertiary/aromatic N) is 1. The fourth-order valence-corrected chi connectivity index (χ4v) is 1.58. The van der Waals surface area contributed by atoms with Gasteiger partial charge in [0.25, 0.3) is 0 Å². The fourth-order valence-electron chi connectivity index (χ4n) is 1.58. The zero-order valence-electron chi connectivity index (χ0n) is 10.8. The summed E-state index contributed by atoms with van der Waals surface area (Å²) in [5.74, 6) is -0.739. The quantitative estimate of drug-likeness (QED) is 0.690. The van der Waals surface area contributed by atoms with Crippen LogP contribution in [0, 0.1) is 0 Å². The highest BCUT2D eigenvalue weighted by Gasteiger charge is 2.38. The molecule has 1 saturated carbocycles. The topological polar surface area (TPSA) is 52.6 Å². The van der Waals surface area contributed by atoms with E-state index in [9.17, 15) is 9.90 Å². The average Bonchev–Trinajstić information content (AvgIpc) is 2.97. The molecule has 1 aliphatic carbocycles.